The van der Waals surface area contributed by atoms with Crippen LogP contribution in [0.5, 0.6) is 11.5 Å². The summed E-state index contributed by atoms with van der Waals surface area (Å²) in [6.45, 7) is 2.43. The predicted molar refractivity (Wildman–Crippen MR) is 75.0 cm³/mol. The van der Waals surface area contributed by atoms with Crippen molar-refractivity contribution in [2.24, 2.45) is 0 Å². The molecule has 1 aliphatic heterocycles. The lowest BCUT2D eigenvalue weighted by Crippen LogP contribution is -2.37. The van der Waals surface area contributed by atoms with Crippen LogP contribution in [-0.2, 0) is 0 Å². The molecule has 1 aromatic rings. The van der Waals surface area contributed by atoms with Crippen molar-refractivity contribution < 1.29 is 19.7 Å². The molecule has 2 atom stereocenters. The van der Waals surface area contributed by atoms with Gasteiger partial charge in [-0.15, -0.1) is 0 Å². The van der Waals surface area contributed by atoms with E-state index in [1.807, 2.05) is 0 Å². The maximum Gasteiger partial charge on any atom is 0.254 e. The van der Waals surface area contributed by atoms with Gasteiger partial charge >= 0.3 is 0 Å². The van der Waals surface area contributed by atoms with Crippen molar-refractivity contribution in [2.45, 2.75) is 38.3 Å². The van der Waals surface area contributed by atoms with Gasteiger partial charge in [-0.3, -0.25) is 4.79 Å². The minimum atomic E-state index is -0.419. The van der Waals surface area contributed by atoms with Gasteiger partial charge in [0.2, 0.25) is 0 Å². The minimum Gasteiger partial charge on any atom is -0.504 e. The number of aromatic hydroxyl groups is 1. The highest BCUT2D eigenvalue weighted by Crippen LogP contribution is 2.29. The number of ether oxygens (including phenoxy) is 1. The summed E-state index contributed by atoms with van der Waals surface area (Å²) in [4.78, 5) is 14.3. The number of aliphatic hydroxyl groups excluding tert-OH is 1. The molecule has 1 aliphatic rings. The summed E-state index contributed by atoms with van der Waals surface area (Å²) in [5.74, 6) is 0.208. The number of carbonyl (C=O) groups is 1. The van der Waals surface area contributed by atoms with E-state index in [9.17, 15) is 15.0 Å². The van der Waals surface area contributed by atoms with E-state index in [-0.39, 0.29) is 17.7 Å². The first kappa shape index (κ1) is 14.7. The molecule has 0 radical (unpaired) electrons. The number of nitrogens with zero attached hydrogens (tertiary/aromatic N) is 1. The summed E-state index contributed by atoms with van der Waals surface area (Å²) >= 11 is 0. The first-order valence-electron chi connectivity index (χ1n) is 6.89. The van der Waals surface area contributed by atoms with Gasteiger partial charge in [0.15, 0.2) is 11.5 Å². The second kappa shape index (κ2) is 6.13. The molecule has 2 rings (SSSR count). The van der Waals surface area contributed by atoms with Crippen LogP contribution in [0.1, 0.15) is 36.5 Å². The Morgan fingerprint density at radius 1 is 1.55 bits per heavy atom. The van der Waals surface area contributed by atoms with Crippen LogP contribution < -0.4 is 4.74 Å². The third-order valence-electron chi connectivity index (χ3n) is 3.68. The van der Waals surface area contributed by atoms with Crippen molar-refractivity contribution in [1.29, 1.82) is 0 Å². The Morgan fingerprint density at radius 3 is 2.90 bits per heavy atom. The zero-order chi connectivity index (χ0) is 14.7. The standard InChI is InChI=1S/C15H21NO4/c1-10(17)8-12-4-3-7-16(12)15(19)11-5-6-14(20-2)13(18)9-11/h5-6,9-10,12,17-18H,3-4,7-8H2,1-2H3. The molecular formula is C15H21NO4. The molecule has 0 saturated carbocycles. The molecule has 5 nitrogen and oxygen atoms in total. The van der Waals surface area contributed by atoms with Crippen LogP contribution in [0.3, 0.4) is 0 Å². The third kappa shape index (κ3) is 3.04. The maximum atomic E-state index is 12.5. The monoisotopic (exact) mass is 279 g/mol. The van der Waals surface area contributed by atoms with Gasteiger partial charge in [-0.25, -0.2) is 0 Å². The molecule has 1 fully saturated rings. The van der Waals surface area contributed by atoms with Crippen molar-refractivity contribution in [1.82, 2.24) is 4.90 Å². The number of amides is 1. The second-order valence-corrected chi connectivity index (χ2v) is 5.27. The van der Waals surface area contributed by atoms with E-state index in [1.165, 1.54) is 13.2 Å². The van der Waals surface area contributed by atoms with Gasteiger partial charge in [0.05, 0.1) is 13.2 Å². The first-order valence-corrected chi connectivity index (χ1v) is 6.89. The van der Waals surface area contributed by atoms with E-state index in [0.717, 1.165) is 12.8 Å². The molecule has 0 bridgehead atoms. The number of hydrogen-bond donors (Lipinski definition) is 2. The van der Waals surface area contributed by atoms with Crippen molar-refractivity contribution >= 4 is 5.91 Å². The summed E-state index contributed by atoms with van der Waals surface area (Å²) in [6.07, 6.45) is 2.04. The lowest BCUT2D eigenvalue weighted by atomic mass is 10.1. The average molecular weight is 279 g/mol. The van der Waals surface area contributed by atoms with Crippen molar-refractivity contribution in [3.05, 3.63) is 23.8 Å². The molecule has 1 amide bonds. The summed E-state index contributed by atoms with van der Waals surface area (Å²) in [5, 5.41) is 19.3. The molecule has 2 unspecified atom stereocenters. The molecular weight excluding hydrogens is 258 g/mol. The summed E-state index contributed by atoms with van der Waals surface area (Å²) in [6, 6.07) is 4.74. The van der Waals surface area contributed by atoms with Crippen LogP contribution in [0.4, 0.5) is 0 Å². The third-order valence-corrected chi connectivity index (χ3v) is 3.68. The molecule has 1 heterocycles. The van der Waals surface area contributed by atoms with Gasteiger partial charge in [0, 0.05) is 18.2 Å². The van der Waals surface area contributed by atoms with Crippen LogP contribution in [0.15, 0.2) is 18.2 Å². The molecule has 0 aliphatic carbocycles. The molecule has 2 N–H and O–H groups in total. The van der Waals surface area contributed by atoms with Crippen LogP contribution in [0, 0.1) is 0 Å². The summed E-state index contributed by atoms with van der Waals surface area (Å²) < 4.78 is 4.97. The van der Waals surface area contributed by atoms with E-state index in [4.69, 9.17) is 4.74 Å². The lowest BCUT2D eigenvalue weighted by Gasteiger charge is -2.26. The predicted octanol–water partition coefficient (Wildman–Crippen LogP) is 1.78. The number of methoxy groups -OCH3 is 1. The molecule has 5 heteroatoms. The number of phenols is 1. The number of phenolic OH excluding ortho intramolecular Hbond substituents is 1. The summed E-state index contributed by atoms with van der Waals surface area (Å²) in [7, 11) is 1.47. The molecule has 0 aromatic heterocycles. The second-order valence-electron chi connectivity index (χ2n) is 5.27. The fourth-order valence-electron chi connectivity index (χ4n) is 2.73. The van der Waals surface area contributed by atoms with Gasteiger partial charge in [-0.2, -0.15) is 0 Å². The zero-order valence-corrected chi connectivity index (χ0v) is 11.9. The number of hydrogen-bond acceptors (Lipinski definition) is 4. The van der Waals surface area contributed by atoms with Gasteiger partial charge < -0.3 is 19.8 Å². The Labute approximate surface area is 118 Å². The van der Waals surface area contributed by atoms with Crippen molar-refractivity contribution in [3.63, 3.8) is 0 Å². The van der Waals surface area contributed by atoms with Crippen molar-refractivity contribution in [2.75, 3.05) is 13.7 Å². The van der Waals surface area contributed by atoms with E-state index in [2.05, 4.69) is 0 Å². The Balaban J connectivity index is 2.16. The van der Waals surface area contributed by atoms with Gasteiger partial charge in [0.25, 0.3) is 5.91 Å². The van der Waals surface area contributed by atoms with Gasteiger partial charge in [-0.05, 0) is 44.4 Å². The van der Waals surface area contributed by atoms with Gasteiger partial charge in [-0.1, -0.05) is 0 Å². The van der Waals surface area contributed by atoms with Gasteiger partial charge in [0.1, 0.15) is 0 Å². The number of carbonyl (C=O) groups excluding carboxylic acids is 1. The number of likely N-dealkylation sites (tertiary alicyclic amines) is 1. The largest absolute Gasteiger partial charge is 0.504 e. The van der Waals surface area contributed by atoms with Crippen LogP contribution in [0.25, 0.3) is 0 Å². The Morgan fingerprint density at radius 2 is 2.30 bits per heavy atom. The molecule has 1 aromatic carbocycles. The lowest BCUT2D eigenvalue weighted by molar-refractivity contribution is 0.0681. The van der Waals surface area contributed by atoms with E-state index in [0.29, 0.717) is 24.3 Å². The molecule has 0 spiro atoms. The fraction of sp³-hybridized carbons (Fsp3) is 0.533. The van der Waals surface area contributed by atoms with Crippen LogP contribution in [0.2, 0.25) is 0 Å². The highest BCUT2D eigenvalue weighted by Gasteiger charge is 2.30. The number of benzene rings is 1. The normalized spacial score (nSPS) is 19.9. The highest BCUT2D eigenvalue weighted by atomic mass is 16.5. The van der Waals surface area contributed by atoms with E-state index in [1.54, 1.807) is 24.0 Å². The smallest absolute Gasteiger partial charge is 0.254 e. The molecule has 1 saturated heterocycles. The Hall–Kier alpha value is -1.75. The topological polar surface area (TPSA) is 70.0 Å². The van der Waals surface area contributed by atoms with Crippen LogP contribution >= 0.6 is 0 Å². The van der Waals surface area contributed by atoms with E-state index < -0.39 is 6.10 Å². The SMILES string of the molecule is COc1ccc(C(=O)N2CCCC2CC(C)O)cc1O. The maximum absolute atomic E-state index is 12.5. The quantitative estimate of drug-likeness (QED) is 0.881. The van der Waals surface area contributed by atoms with E-state index >= 15 is 0 Å². The zero-order valence-electron chi connectivity index (χ0n) is 11.9. The highest BCUT2D eigenvalue weighted by molar-refractivity contribution is 5.95. The Bertz CT molecular complexity index is 487. The first-order chi connectivity index (χ1) is 9.52. The fourth-order valence-corrected chi connectivity index (χ4v) is 2.73. The number of rotatable bonds is 4. The Kier molecular flexibility index (Phi) is 4.49. The van der Waals surface area contributed by atoms with Crippen LogP contribution in [-0.4, -0.2) is 46.8 Å². The molecule has 110 valence electrons. The molecule has 20 heavy (non-hydrogen) atoms. The summed E-state index contributed by atoms with van der Waals surface area (Å²) in [5.41, 5.74) is 0.445. The number of aliphatic hydroxyl groups is 1. The average Bonchev–Trinajstić information content (AvgIpc) is 2.85. The minimum absolute atomic E-state index is 0.0374. The van der Waals surface area contributed by atoms with Crippen molar-refractivity contribution in [3.8, 4) is 11.5 Å².